The molecule has 0 radical (unpaired) electrons. The molecular formula is C20H21FN2O5. The number of carboxylic acid groups (broad SMARTS) is 1. The van der Waals surface area contributed by atoms with E-state index in [0.717, 1.165) is 17.0 Å². The Kier molecular flexibility index (Phi) is 6.81. The number of nitro benzene ring substituents is 1. The van der Waals surface area contributed by atoms with Crippen molar-refractivity contribution in [3.05, 3.63) is 69.0 Å². The summed E-state index contributed by atoms with van der Waals surface area (Å²) in [5.41, 5.74) is -0.241. The number of aromatic carboxylic acids is 1. The molecule has 2 aromatic rings. The van der Waals surface area contributed by atoms with Gasteiger partial charge in [-0.3, -0.25) is 14.9 Å². The Hall–Kier alpha value is -3.29. The number of benzene rings is 2. The van der Waals surface area contributed by atoms with E-state index in [4.69, 9.17) is 0 Å². The molecule has 0 atom stereocenters. The molecule has 0 fully saturated rings. The van der Waals surface area contributed by atoms with E-state index >= 15 is 0 Å². The van der Waals surface area contributed by atoms with Gasteiger partial charge in [-0.15, -0.1) is 0 Å². The minimum Gasteiger partial charge on any atom is -0.478 e. The largest absolute Gasteiger partial charge is 0.478 e. The van der Waals surface area contributed by atoms with Gasteiger partial charge in [0, 0.05) is 18.1 Å². The van der Waals surface area contributed by atoms with Gasteiger partial charge in [0.05, 0.1) is 17.0 Å². The SMILES string of the molecule is CCCC(=O)N(Cc1ccccc1F)c1c([N+](=O)[O-])ccc(C(=O)O)c1CC. The van der Waals surface area contributed by atoms with Crippen molar-refractivity contribution in [1.29, 1.82) is 0 Å². The third kappa shape index (κ3) is 4.33. The van der Waals surface area contributed by atoms with Crippen LogP contribution in [0, 0.1) is 15.9 Å². The molecule has 1 amide bonds. The number of rotatable bonds is 8. The zero-order valence-electron chi connectivity index (χ0n) is 15.6. The van der Waals surface area contributed by atoms with Gasteiger partial charge in [-0.05, 0) is 30.5 Å². The third-order valence-electron chi connectivity index (χ3n) is 4.36. The lowest BCUT2D eigenvalue weighted by Gasteiger charge is -2.26. The van der Waals surface area contributed by atoms with Crippen molar-refractivity contribution < 1.29 is 24.0 Å². The second kappa shape index (κ2) is 9.07. The summed E-state index contributed by atoms with van der Waals surface area (Å²) < 4.78 is 14.2. The van der Waals surface area contributed by atoms with E-state index in [-0.39, 0.29) is 47.5 Å². The Labute approximate surface area is 161 Å². The van der Waals surface area contributed by atoms with Gasteiger partial charge in [0.15, 0.2) is 0 Å². The van der Waals surface area contributed by atoms with Gasteiger partial charge in [-0.2, -0.15) is 0 Å². The quantitative estimate of drug-likeness (QED) is 0.536. The van der Waals surface area contributed by atoms with Crippen molar-refractivity contribution in [2.75, 3.05) is 4.90 Å². The van der Waals surface area contributed by atoms with Crippen LogP contribution < -0.4 is 4.90 Å². The Morgan fingerprint density at radius 1 is 1.18 bits per heavy atom. The van der Waals surface area contributed by atoms with Crippen LogP contribution in [0.25, 0.3) is 0 Å². The molecule has 7 nitrogen and oxygen atoms in total. The molecule has 0 saturated carbocycles. The van der Waals surface area contributed by atoms with E-state index < -0.39 is 22.6 Å². The maximum Gasteiger partial charge on any atom is 0.336 e. The molecule has 28 heavy (non-hydrogen) atoms. The van der Waals surface area contributed by atoms with Crippen molar-refractivity contribution in [1.82, 2.24) is 0 Å². The van der Waals surface area contributed by atoms with Crippen LogP contribution in [0.3, 0.4) is 0 Å². The number of amides is 1. The number of hydrogen-bond donors (Lipinski definition) is 1. The molecule has 0 aliphatic carbocycles. The molecule has 0 aliphatic rings. The van der Waals surface area contributed by atoms with Crippen LogP contribution in [0.2, 0.25) is 0 Å². The Bertz CT molecular complexity index is 913. The van der Waals surface area contributed by atoms with Crippen LogP contribution in [-0.4, -0.2) is 21.9 Å². The zero-order valence-corrected chi connectivity index (χ0v) is 15.6. The lowest BCUT2D eigenvalue weighted by Crippen LogP contribution is -2.32. The standard InChI is InChI=1S/C20H21FN2O5/c1-3-7-18(24)22(12-13-8-5-6-9-16(13)21)19-14(4-2)15(20(25)26)10-11-17(19)23(27)28/h5-6,8-11H,3-4,7,12H2,1-2H3,(H,25,26). The molecule has 148 valence electrons. The number of carbonyl (C=O) groups is 2. The van der Waals surface area contributed by atoms with E-state index in [1.807, 2.05) is 0 Å². The average molecular weight is 388 g/mol. The minimum atomic E-state index is -1.25. The summed E-state index contributed by atoms with van der Waals surface area (Å²) in [5.74, 6) is -2.24. The summed E-state index contributed by atoms with van der Waals surface area (Å²) in [5, 5.41) is 21.1. The molecule has 2 rings (SSSR count). The predicted molar refractivity (Wildman–Crippen MR) is 102 cm³/mol. The van der Waals surface area contributed by atoms with E-state index in [2.05, 4.69) is 0 Å². The number of nitrogens with zero attached hydrogens (tertiary/aromatic N) is 2. The lowest BCUT2D eigenvalue weighted by atomic mass is 9.99. The van der Waals surface area contributed by atoms with Gasteiger partial charge >= 0.3 is 5.97 Å². The lowest BCUT2D eigenvalue weighted by molar-refractivity contribution is -0.384. The van der Waals surface area contributed by atoms with Gasteiger partial charge in [-0.25, -0.2) is 9.18 Å². The third-order valence-corrected chi connectivity index (χ3v) is 4.36. The first kappa shape index (κ1) is 21.0. The highest BCUT2D eigenvalue weighted by molar-refractivity contribution is 6.00. The number of anilines is 1. The average Bonchev–Trinajstić information content (AvgIpc) is 2.66. The fraction of sp³-hybridized carbons (Fsp3) is 0.300. The van der Waals surface area contributed by atoms with Crippen LogP contribution in [0.4, 0.5) is 15.8 Å². The fourth-order valence-electron chi connectivity index (χ4n) is 3.07. The van der Waals surface area contributed by atoms with E-state index in [1.165, 1.54) is 18.2 Å². The zero-order chi connectivity index (χ0) is 20.8. The molecule has 0 unspecified atom stereocenters. The summed E-state index contributed by atoms with van der Waals surface area (Å²) in [4.78, 5) is 36.5. The van der Waals surface area contributed by atoms with Crippen molar-refractivity contribution in [2.45, 2.75) is 39.7 Å². The fourth-order valence-corrected chi connectivity index (χ4v) is 3.07. The first-order valence-electron chi connectivity index (χ1n) is 8.89. The highest BCUT2D eigenvalue weighted by Crippen LogP contribution is 2.36. The van der Waals surface area contributed by atoms with Gasteiger partial charge in [0.1, 0.15) is 11.5 Å². The molecular weight excluding hydrogens is 367 g/mol. The first-order valence-corrected chi connectivity index (χ1v) is 8.89. The molecule has 0 spiro atoms. The number of hydrogen-bond acceptors (Lipinski definition) is 4. The van der Waals surface area contributed by atoms with Crippen LogP contribution in [0.1, 0.15) is 48.2 Å². The van der Waals surface area contributed by atoms with E-state index in [0.29, 0.717) is 6.42 Å². The molecule has 0 aromatic heterocycles. The van der Waals surface area contributed by atoms with Crippen molar-refractivity contribution in [3.8, 4) is 0 Å². The molecule has 0 heterocycles. The number of carboxylic acids is 1. The van der Waals surface area contributed by atoms with Crippen LogP contribution in [0.5, 0.6) is 0 Å². The summed E-state index contributed by atoms with van der Waals surface area (Å²) >= 11 is 0. The smallest absolute Gasteiger partial charge is 0.336 e. The molecule has 0 saturated heterocycles. The molecule has 2 aromatic carbocycles. The van der Waals surface area contributed by atoms with E-state index in [9.17, 15) is 29.2 Å². The van der Waals surface area contributed by atoms with E-state index in [1.54, 1.807) is 19.9 Å². The van der Waals surface area contributed by atoms with Gasteiger partial charge in [0.2, 0.25) is 5.91 Å². The van der Waals surface area contributed by atoms with Crippen molar-refractivity contribution >= 4 is 23.3 Å². The van der Waals surface area contributed by atoms with Crippen LogP contribution in [-0.2, 0) is 17.8 Å². The second-order valence-electron chi connectivity index (χ2n) is 6.20. The monoisotopic (exact) mass is 388 g/mol. The van der Waals surface area contributed by atoms with Crippen molar-refractivity contribution in [3.63, 3.8) is 0 Å². The Morgan fingerprint density at radius 3 is 2.39 bits per heavy atom. The molecule has 0 aliphatic heterocycles. The maximum absolute atomic E-state index is 14.2. The Morgan fingerprint density at radius 2 is 1.86 bits per heavy atom. The highest BCUT2D eigenvalue weighted by atomic mass is 19.1. The van der Waals surface area contributed by atoms with Crippen LogP contribution >= 0.6 is 0 Å². The predicted octanol–water partition coefficient (Wildman–Crippen LogP) is 4.33. The minimum absolute atomic E-state index is 0.0888. The topological polar surface area (TPSA) is 101 Å². The normalized spacial score (nSPS) is 10.5. The highest BCUT2D eigenvalue weighted by Gasteiger charge is 2.30. The van der Waals surface area contributed by atoms with Gasteiger partial charge < -0.3 is 10.0 Å². The van der Waals surface area contributed by atoms with Gasteiger partial charge in [-0.1, -0.05) is 32.0 Å². The summed E-state index contributed by atoms with van der Waals surface area (Å²) in [6.07, 6.45) is 0.734. The number of carbonyl (C=O) groups excluding carboxylic acids is 1. The number of halogens is 1. The van der Waals surface area contributed by atoms with Crippen molar-refractivity contribution in [2.24, 2.45) is 0 Å². The second-order valence-corrected chi connectivity index (χ2v) is 6.20. The molecule has 8 heteroatoms. The first-order chi connectivity index (χ1) is 13.3. The summed E-state index contributed by atoms with van der Waals surface area (Å²) in [7, 11) is 0. The van der Waals surface area contributed by atoms with Gasteiger partial charge in [0.25, 0.3) is 5.69 Å². The number of nitro groups is 1. The Balaban J connectivity index is 2.75. The van der Waals surface area contributed by atoms with Crippen LogP contribution in [0.15, 0.2) is 36.4 Å². The molecule has 0 bridgehead atoms. The summed E-state index contributed by atoms with van der Waals surface area (Å²) in [6, 6.07) is 8.06. The summed E-state index contributed by atoms with van der Waals surface area (Å²) in [6.45, 7) is 3.20. The maximum atomic E-state index is 14.2. The molecule has 1 N–H and O–H groups in total.